The predicted molar refractivity (Wildman–Crippen MR) is 80.8 cm³/mol. The second-order valence-electron chi connectivity index (χ2n) is 3.74. The van der Waals surface area contributed by atoms with Gasteiger partial charge in [0.05, 0.1) is 10.5 Å². The summed E-state index contributed by atoms with van der Waals surface area (Å²) in [6, 6.07) is 5.44. The zero-order chi connectivity index (χ0) is 15.6. The van der Waals surface area contributed by atoms with Gasteiger partial charge in [0.15, 0.2) is 10.3 Å². The summed E-state index contributed by atoms with van der Waals surface area (Å²) in [4.78, 5) is 22.5. The highest BCUT2D eigenvalue weighted by molar-refractivity contribution is 9.10. The summed E-state index contributed by atoms with van der Waals surface area (Å²) < 4.78 is 0.513. The number of hydrogen-bond donors (Lipinski definition) is 1. The molecule has 1 amide bonds. The van der Waals surface area contributed by atoms with E-state index in [4.69, 9.17) is 23.2 Å². The van der Waals surface area contributed by atoms with E-state index in [0.717, 1.165) is 0 Å². The first-order chi connectivity index (χ1) is 9.88. The number of amides is 1. The average Bonchev–Trinajstić information content (AvgIpc) is 2.43. The summed E-state index contributed by atoms with van der Waals surface area (Å²) in [5.74, 6) is -0.678. The minimum atomic E-state index is -0.678. The van der Waals surface area contributed by atoms with Crippen LogP contribution in [0.5, 0.6) is 0 Å². The number of hydrogen-bond acceptors (Lipinski definition) is 5. The molecule has 0 atom stereocenters. The van der Waals surface area contributed by atoms with Crippen LogP contribution in [-0.2, 0) is 0 Å². The maximum Gasteiger partial charge on any atom is 0.293 e. The summed E-state index contributed by atoms with van der Waals surface area (Å²) in [7, 11) is 0. The molecular formula is C11H5BrCl2N4O3. The Morgan fingerprint density at radius 1 is 1.29 bits per heavy atom. The number of nitrogens with one attached hydrogen (secondary N) is 1. The molecule has 0 aliphatic rings. The average molecular weight is 392 g/mol. The van der Waals surface area contributed by atoms with E-state index in [2.05, 4.69) is 31.4 Å². The lowest BCUT2D eigenvalue weighted by atomic mass is 10.2. The lowest BCUT2D eigenvalue weighted by molar-refractivity contribution is -0.384. The van der Waals surface area contributed by atoms with Crippen molar-refractivity contribution in [2.24, 2.45) is 0 Å². The van der Waals surface area contributed by atoms with Gasteiger partial charge in [-0.15, -0.1) is 10.2 Å². The van der Waals surface area contributed by atoms with Crippen LogP contribution in [0.3, 0.4) is 0 Å². The van der Waals surface area contributed by atoms with Crippen LogP contribution in [0, 0.1) is 10.1 Å². The van der Waals surface area contributed by atoms with Crippen molar-refractivity contribution in [3.63, 3.8) is 0 Å². The monoisotopic (exact) mass is 390 g/mol. The zero-order valence-electron chi connectivity index (χ0n) is 10.0. The number of aromatic nitrogens is 2. The molecule has 0 aliphatic carbocycles. The van der Waals surface area contributed by atoms with Crippen LogP contribution in [0.4, 0.5) is 11.4 Å². The van der Waals surface area contributed by atoms with Crippen LogP contribution in [-0.4, -0.2) is 21.0 Å². The van der Waals surface area contributed by atoms with E-state index in [1.165, 1.54) is 18.2 Å². The Labute approximate surface area is 136 Å². The molecule has 0 radical (unpaired) electrons. The van der Waals surface area contributed by atoms with E-state index >= 15 is 0 Å². The highest BCUT2D eigenvalue weighted by Gasteiger charge is 2.19. The van der Waals surface area contributed by atoms with Crippen molar-refractivity contribution in [3.8, 4) is 0 Å². The molecule has 0 saturated heterocycles. The lowest BCUT2D eigenvalue weighted by Crippen LogP contribution is -2.14. The molecule has 0 bridgehead atoms. The Morgan fingerprint density at radius 3 is 2.67 bits per heavy atom. The third kappa shape index (κ3) is 3.66. The molecule has 2 aromatic rings. The van der Waals surface area contributed by atoms with Crippen molar-refractivity contribution in [2.75, 3.05) is 5.32 Å². The van der Waals surface area contributed by atoms with Crippen molar-refractivity contribution in [3.05, 3.63) is 54.7 Å². The molecule has 1 aromatic heterocycles. The van der Waals surface area contributed by atoms with Gasteiger partial charge in [0, 0.05) is 10.5 Å². The Hall–Kier alpha value is -1.77. The first-order valence-electron chi connectivity index (χ1n) is 5.32. The zero-order valence-corrected chi connectivity index (χ0v) is 13.1. The fourth-order valence-corrected chi connectivity index (χ4v) is 2.14. The van der Waals surface area contributed by atoms with E-state index in [9.17, 15) is 14.9 Å². The molecule has 0 unspecified atom stereocenters. The van der Waals surface area contributed by atoms with Crippen molar-refractivity contribution in [1.29, 1.82) is 0 Å². The molecule has 2 rings (SSSR count). The van der Waals surface area contributed by atoms with Gasteiger partial charge in [0.1, 0.15) is 5.69 Å². The molecule has 0 fully saturated rings. The predicted octanol–water partition coefficient (Wildman–Crippen LogP) is 3.71. The topological polar surface area (TPSA) is 98.0 Å². The number of benzene rings is 1. The third-order valence-corrected chi connectivity index (χ3v) is 3.33. The van der Waals surface area contributed by atoms with Gasteiger partial charge in [-0.2, -0.15) is 0 Å². The maximum absolute atomic E-state index is 12.1. The molecule has 21 heavy (non-hydrogen) atoms. The molecule has 1 heterocycles. The number of rotatable bonds is 3. The van der Waals surface area contributed by atoms with Gasteiger partial charge in [0.25, 0.3) is 11.6 Å². The second kappa shape index (κ2) is 6.33. The number of carbonyl (C=O) groups is 1. The molecule has 0 aliphatic heterocycles. The Morgan fingerprint density at radius 2 is 2.00 bits per heavy atom. The van der Waals surface area contributed by atoms with Gasteiger partial charge >= 0.3 is 0 Å². The van der Waals surface area contributed by atoms with Gasteiger partial charge in [-0.1, -0.05) is 39.1 Å². The Balaban J connectivity index is 2.36. The van der Waals surface area contributed by atoms with Gasteiger partial charge in [-0.3, -0.25) is 14.9 Å². The molecule has 7 nitrogen and oxygen atoms in total. The number of anilines is 1. The van der Waals surface area contributed by atoms with E-state index in [0.29, 0.717) is 4.47 Å². The van der Waals surface area contributed by atoms with E-state index in [1.807, 2.05) is 0 Å². The summed E-state index contributed by atoms with van der Waals surface area (Å²) >= 11 is 14.5. The van der Waals surface area contributed by atoms with Crippen LogP contribution < -0.4 is 5.32 Å². The fourth-order valence-electron chi connectivity index (χ4n) is 1.46. The Kier molecular flexibility index (Phi) is 4.71. The number of halogens is 3. The first-order valence-corrected chi connectivity index (χ1v) is 6.87. The van der Waals surface area contributed by atoms with Gasteiger partial charge in [-0.05, 0) is 18.2 Å². The van der Waals surface area contributed by atoms with Gasteiger partial charge in [-0.25, -0.2) is 0 Å². The molecule has 0 saturated carbocycles. The number of carbonyl (C=O) groups excluding carboxylic acids is 1. The number of nitro benzene ring substituents is 1. The molecule has 0 spiro atoms. The van der Waals surface area contributed by atoms with E-state index in [1.54, 1.807) is 6.07 Å². The summed E-state index contributed by atoms with van der Waals surface area (Å²) in [5, 5.41) is 20.2. The smallest absolute Gasteiger partial charge is 0.293 e. The van der Waals surface area contributed by atoms with Crippen molar-refractivity contribution < 1.29 is 9.72 Å². The van der Waals surface area contributed by atoms with Gasteiger partial charge in [0.2, 0.25) is 0 Å². The second-order valence-corrected chi connectivity index (χ2v) is 5.41. The lowest BCUT2D eigenvalue weighted by Gasteiger charge is -2.07. The fraction of sp³-hybridized carbons (Fsp3) is 0. The number of nitro groups is 1. The minimum Gasteiger partial charge on any atom is -0.316 e. The minimum absolute atomic E-state index is 0.0187. The number of nitrogens with zero attached hydrogens (tertiary/aromatic N) is 3. The van der Waals surface area contributed by atoms with Crippen LogP contribution in [0.25, 0.3) is 0 Å². The normalized spacial score (nSPS) is 10.2. The largest absolute Gasteiger partial charge is 0.316 e. The van der Waals surface area contributed by atoms with Crippen molar-refractivity contribution in [2.45, 2.75) is 0 Å². The third-order valence-electron chi connectivity index (χ3n) is 2.37. The quantitative estimate of drug-likeness (QED) is 0.635. The summed E-state index contributed by atoms with van der Waals surface area (Å²) in [6.45, 7) is 0. The molecular weight excluding hydrogens is 387 g/mol. The van der Waals surface area contributed by atoms with E-state index < -0.39 is 10.8 Å². The molecule has 1 aromatic carbocycles. The van der Waals surface area contributed by atoms with Crippen molar-refractivity contribution >= 4 is 56.4 Å². The van der Waals surface area contributed by atoms with Crippen molar-refractivity contribution in [1.82, 2.24) is 10.2 Å². The highest BCUT2D eigenvalue weighted by Crippen LogP contribution is 2.29. The van der Waals surface area contributed by atoms with Crippen LogP contribution in [0.15, 0.2) is 28.7 Å². The first kappa shape index (κ1) is 15.6. The van der Waals surface area contributed by atoms with Crippen LogP contribution in [0.1, 0.15) is 10.4 Å². The van der Waals surface area contributed by atoms with E-state index in [-0.39, 0.29) is 27.2 Å². The Bertz CT molecular complexity index is 741. The van der Waals surface area contributed by atoms with Crippen LogP contribution in [0.2, 0.25) is 10.3 Å². The maximum atomic E-state index is 12.1. The van der Waals surface area contributed by atoms with Crippen LogP contribution >= 0.6 is 39.1 Å². The molecule has 10 heteroatoms. The molecule has 1 N–H and O–H groups in total. The highest BCUT2D eigenvalue weighted by atomic mass is 79.9. The molecule has 108 valence electrons. The van der Waals surface area contributed by atoms with Gasteiger partial charge < -0.3 is 5.32 Å². The standard InChI is InChI=1S/C11H5BrCl2N4O3/c12-5-1-2-7(8(3-5)18(20)21)15-11(19)6-4-9(13)16-17-10(6)14/h1-4H,(H,15,19). The SMILES string of the molecule is O=C(Nc1ccc(Br)cc1[N+](=O)[O-])c1cc(Cl)nnc1Cl. The summed E-state index contributed by atoms with van der Waals surface area (Å²) in [6.07, 6.45) is 0. The summed E-state index contributed by atoms with van der Waals surface area (Å²) in [5.41, 5.74) is -0.270.